The molecule has 1 aliphatic carbocycles. The van der Waals surface area contributed by atoms with E-state index in [9.17, 15) is 15.0 Å². The molecule has 4 rings (SSSR count). The Morgan fingerprint density at radius 3 is 2.34 bits per heavy atom. The highest BCUT2D eigenvalue weighted by Crippen LogP contribution is 2.44. The van der Waals surface area contributed by atoms with Crippen LogP contribution in [0.25, 0.3) is 0 Å². The number of carbonyl (C=O) groups excluding carboxylic acids is 1. The van der Waals surface area contributed by atoms with Crippen molar-refractivity contribution in [1.82, 2.24) is 4.90 Å². The van der Waals surface area contributed by atoms with Gasteiger partial charge >= 0.3 is 5.97 Å². The van der Waals surface area contributed by atoms with E-state index in [4.69, 9.17) is 4.74 Å². The summed E-state index contributed by atoms with van der Waals surface area (Å²) < 4.78 is 4.92. The van der Waals surface area contributed by atoms with Crippen LogP contribution in [0.15, 0.2) is 78.4 Å². The summed E-state index contributed by atoms with van der Waals surface area (Å²) in [6, 6.07) is 17.8. The molecule has 0 radical (unpaired) electrons. The van der Waals surface area contributed by atoms with Gasteiger partial charge in [-0.05, 0) is 100 Å². The molecule has 1 fully saturated rings. The number of piperidine rings is 1. The minimum atomic E-state index is -0.914. The second-order valence-corrected chi connectivity index (χ2v) is 11.3. The lowest BCUT2D eigenvalue weighted by Crippen LogP contribution is -2.45. The van der Waals surface area contributed by atoms with Crippen molar-refractivity contribution in [3.05, 3.63) is 95.1 Å². The third kappa shape index (κ3) is 6.12. The Bertz CT molecular complexity index is 1110. The van der Waals surface area contributed by atoms with Crippen molar-refractivity contribution in [1.29, 1.82) is 0 Å². The first kappa shape index (κ1) is 28.3. The zero-order valence-corrected chi connectivity index (χ0v) is 23.1. The van der Waals surface area contributed by atoms with Gasteiger partial charge in [0.2, 0.25) is 0 Å². The minimum Gasteiger partial charge on any atom is -0.468 e. The van der Waals surface area contributed by atoms with Gasteiger partial charge in [0, 0.05) is 0 Å². The molecule has 2 aromatic rings. The van der Waals surface area contributed by atoms with Crippen molar-refractivity contribution in [3.63, 3.8) is 0 Å². The second kappa shape index (κ2) is 12.4. The highest BCUT2D eigenvalue weighted by Gasteiger charge is 2.42. The number of rotatable bonds is 10. The Balaban J connectivity index is 1.30. The molecule has 2 N–H and O–H groups in total. The number of likely N-dealkylation sites (tertiary alicyclic amines) is 1. The molecule has 0 saturated carbocycles. The van der Waals surface area contributed by atoms with Gasteiger partial charge in [-0.15, -0.1) is 0 Å². The number of methoxy groups -OCH3 is 1. The molecule has 38 heavy (non-hydrogen) atoms. The van der Waals surface area contributed by atoms with Crippen molar-refractivity contribution >= 4 is 5.97 Å². The van der Waals surface area contributed by atoms with Gasteiger partial charge in [0.05, 0.1) is 18.6 Å². The van der Waals surface area contributed by atoms with Crippen LogP contribution in [-0.2, 0) is 20.5 Å². The predicted molar refractivity (Wildman–Crippen MR) is 152 cm³/mol. The van der Waals surface area contributed by atoms with E-state index in [2.05, 4.69) is 35.3 Å². The van der Waals surface area contributed by atoms with Gasteiger partial charge in [-0.2, -0.15) is 0 Å². The molecule has 2 aromatic carbocycles. The monoisotopic (exact) mass is 517 g/mol. The van der Waals surface area contributed by atoms with E-state index in [-0.39, 0.29) is 11.9 Å². The highest BCUT2D eigenvalue weighted by atomic mass is 16.5. The number of hydrogen-bond donors (Lipinski definition) is 2. The maximum Gasteiger partial charge on any atom is 0.315 e. The zero-order chi connectivity index (χ0) is 27.2. The molecule has 0 bridgehead atoms. The minimum absolute atomic E-state index is 0.192. The van der Waals surface area contributed by atoms with E-state index in [0.717, 1.165) is 74.0 Å². The van der Waals surface area contributed by atoms with Crippen LogP contribution in [0.5, 0.6) is 0 Å². The number of carbonyl (C=O) groups is 1. The van der Waals surface area contributed by atoms with Crippen LogP contribution in [0.1, 0.15) is 75.2 Å². The Labute approximate surface area is 227 Å². The molecule has 2 atom stereocenters. The van der Waals surface area contributed by atoms with Gasteiger partial charge in [-0.3, -0.25) is 4.79 Å². The smallest absolute Gasteiger partial charge is 0.315 e. The summed E-state index contributed by atoms with van der Waals surface area (Å²) >= 11 is 0. The van der Waals surface area contributed by atoms with Crippen molar-refractivity contribution in [2.75, 3.05) is 26.7 Å². The molecule has 1 saturated heterocycles. The molecule has 0 amide bonds. The Kier molecular flexibility index (Phi) is 9.24. The van der Waals surface area contributed by atoms with Gasteiger partial charge in [0.1, 0.15) is 5.60 Å². The largest absolute Gasteiger partial charge is 0.468 e. The van der Waals surface area contributed by atoms with Crippen LogP contribution in [0.3, 0.4) is 0 Å². The standard InChI is InChI=1S/C33H43NO4/c1-32(2,31(36)38-3)26-18-16-25(17-19-26)30(35)15-10-22-34-23-20-29(21-24-34)33(37,27-11-6-4-7-12-27)28-13-8-5-9-14-28/h4-8,11-13,16-19,29-30,35,37H,9-10,14-15,20-24H2,1-3H3/t30-,33?/m1/s1. The Morgan fingerprint density at radius 2 is 1.74 bits per heavy atom. The number of nitrogens with zero attached hydrogens (tertiary/aromatic N) is 1. The zero-order valence-electron chi connectivity index (χ0n) is 23.1. The third-order valence-electron chi connectivity index (χ3n) is 8.56. The fourth-order valence-corrected chi connectivity index (χ4v) is 6.04. The van der Waals surface area contributed by atoms with Gasteiger partial charge in [0.15, 0.2) is 0 Å². The van der Waals surface area contributed by atoms with Crippen molar-refractivity contribution < 1.29 is 19.7 Å². The van der Waals surface area contributed by atoms with E-state index in [1.165, 1.54) is 7.11 Å². The summed E-state index contributed by atoms with van der Waals surface area (Å²) in [6.45, 7) is 6.54. The lowest BCUT2D eigenvalue weighted by molar-refractivity contribution is -0.146. The van der Waals surface area contributed by atoms with Gasteiger partial charge in [-0.1, -0.05) is 72.8 Å². The van der Waals surface area contributed by atoms with E-state index in [1.54, 1.807) is 0 Å². The van der Waals surface area contributed by atoms with E-state index in [0.29, 0.717) is 6.42 Å². The lowest BCUT2D eigenvalue weighted by atomic mass is 9.70. The lowest BCUT2D eigenvalue weighted by Gasteiger charge is -2.44. The van der Waals surface area contributed by atoms with Crippen molar-refractivity contribution in [2.24, 2.45) is 5.92 Å². The maximum atomic E-state index is 12.1. The molecule has 5 nitrogen and oxygen atoms in total. The van der Waals surface area contributed by atoms with Crippen LogP contribution in [0.4, 0.5) is 0 Å². The first-order chi connectivity index (χ1) is 18.3. The Morgan fingerprint density at radius 1 is 1.05 bits per heavy atom. The fourth-order valence-electron chi connectivity index (χ4n) is 6.04. The van der Waals surface area contributed by atoms with Crippen LogP contribution < -0.4 is 0 Å². The average molecular weight is 518 g/mol. The fraction of sp³-hybridized carbons (Fsp3) is 0.485. The second-order valence-electron chi connectivity index (χ2n) is 11.3. The quantitative estimate of drug-likeness (QED) is 0.388. The molecule has 1 heterocycles. The molecule has 204 valence electrons. The molecular formula is C33H43NO4. The molecule has 1 aliphatic heterocycles. The highest BCUT2D eigenvalue weighted by molar-refractivity contribution is 5.82. The first-order valence-electron chi connectivity index (χ1n) is 14.0. The van der Waals surface area contributed by atoms with E-state index in [1.807, 2.05) is 56.3 Å². The number of allylic oxidation sites excluding steroid dienone is 3. The summed E-state index contributed by atoms with van der Waals surface area (Å²) in [5, 5.41) is 22.9. The SMILES string of the molecule is COC(=O)C(C)(C)c1ccc([C@H](O)CCCN2CCC(C(O)(C3=CC=CCC3)c3ccccc3)CC2)cc1. The van der Waals surface area contributed by atoms with E-state index < -0.39 is 17.1 Å². The predicted octanol–water partition coefficient (Wildman–Crippen LogP) is 5.83. The van der Waals surface area contributed by atoms with Gasteiger partial charge < -0.3 is 19.8 Å². The first-order valence-corrected chi connectivity index (χ1v) is 14.0. The molecule has 0 spiro atoms. The topological polar surface area (TPSA) is 70.0 Å². The summed E-state index contributed by atoms with van der Waals surface area (Å²) in [6.07, 6.45) is 11.2. The molecule has 0 aromatic heterocycles. The molecule has 1 unspecified atom stereocenters. The van der Waals surface area contributed by atoms with Gasteiger partial charge in [0.25, 0.3) is 0 Å². The van der Waals surface area contributed by atoms with Crippen LogP contribution in [0, 0.1) is 5.92 Å². The molecule has 2 aliphatic rings. The molecule has 5 heteroatoms. The van der Waals surface area contributed by atoms with Crippen LogP contribution in [-0.4, -0.2) is 47.8 Å². The number of esters is 1. The number of hydrogen-bond acceptors (Lipinski definition) is 5. The normalized spacial score (nSPS) is 19.4. The summed E-state index contributed by atoms with van der Waals surface area (Å²) in [4.78, 5) is 14.5. The van der Waals surface area contributed by atoms with Crippen LogP contribution in [0.2, 0.25) is 0 Å². The Hall–Kier alpha value is -2.73. The van der Waals surface area contributed by atoms with E-state index >= 15 is 0 Å². The summed E-state index contributed by atoms with van der Waals surface area (Å²) in [7, 11) is 1.40. The van der Waals surface area contributed by atoms with Crippen molar-refractivity contribution in [2.45, 2.75) is 69.5 Å². The summed E-state index contributed by atoms with van der Waals surface area (Å²) in [5.74, 6) is -0.0821. The summed E-state index contributed by atoms with van der Waals surface area (Å²) in [5.41, 5.74) is 2.25. The van der Waals surface area contributed by atoms with Gasteiger partial charge in [-0.25, -0.2) is 0 Å². The number of benzene rings is 2. The number of aliphatic hydroxyl groups excluding tert-OH is 1. The molecular weight excluding hydrogens is 474 g/mol. The van der Waals surface area contributed by atoms with Crippen LogP contribution >= 0.6 is 0 Å². The average Bonchev–Trinajstić information content (AvgIpc) is 2.97. The third-order valence-corrected chi connectivity index (χ3v) is 8.56. The number of ether oxygens (including phenoxy) is 1. The maximum absolute atomic E-state index is 12.1. The van der Waals surface area contributed by atoms with Crippen molar-refractivity contribution in [3.8, 4) is 0 Å². The number of aliphatic hydroxyl groups is 2.